The number of Topliss-reactive ketones (excluding diaryl/α,β-unsaturated/α-hetero) is 3. The summed E-state index contributed by atoms with van der Waals surface area (Å²) in [4.78, 5) is 49.0. The van der Waals surface area contributed by atoms with Gasteiger partial charge < -0.3 is 14.9 Å². The van der Waals surface area contributed by atoms with Crippen molar-refractivity contribution in [3.05, 3.63) is 202 Å². The zero-order valence-electron chi connectivity index (χ0n) is 59.0. The van der Waals surface area contributed by atoms with E-state index in [2.05, 4.69) is 94.2 Å². The molecule has 6 aromatic carbocycles. The predicted octanol–water partition coefficient (Wildman–Crippen LogP) is 17.0. The molecule has 3 heterocycles. The summed E-state index contributed by atoms with van der Waals surface area (Å²) in [5.41, 5.74) is 8.62. The van der Waals surface area contributed by atoms with Crippen molar-refractivity contribution < 1.29 is 34.1 Å². The lowest BCUT2D eigenvalue weighted by Gasteiger charge is -2.13. The molecule has 3 fully saturated rings. The summed E-state index contributed by atoms with van der Waals surface area (Å²) in [6.45, 7) is 11.2. The third-order valence-electron chi connectivity index (χ3n) is 16.7. The van der Waals surface area contributed by atoms with Crippen molar-refractivity contribution in [3.8, 4) is 52.6 Å². The number of rotatable bonds is 26. The van der Waals surface area contributed by atoms with E-state index in [4.69, 9.17) is 79.4 Å². The van der Waals surface area contributed by atoms with Crippen molar-refractivity contribution in [2.75, 3.05) is 31.0 Å². The van der Waals surface area contributed by atoms with E-state index < -0.39 is 16.8 Å². The lowest BCUT2D eigenvalue weighted by molar-refractivity contribution is -0.138. The number of aromatic nitrogens is 12. The summed E-state index contributed by atoms with van der Waals surface area (Å²) in [5.74, 6) is 19.8. The third kappa shape index (κ3) is 23.7. The van der Waals surface area contributed by atoms with Crippen LogP contribution in [0.15, 0.2) is 137 Å². The van der Waals surface area contributed by atoms with Crippen LogP contribution in [0.1, 0.15) is 154 Å². The van der Waals surface area contributed by atoms with E-state index in [1.54, 1.807) is 71.6 Å². The van der Waals surface area contributed by atoms with Crippen molar-refractivity contribution in [2.24, 2.45) is 16.2 Å². The quantitative estimate of drug-likeness (QED) is 0.0290. The van der Waals surface area contributed by atoms with E-state index in [1.165, 1.54) is 90.5 Å². The average Bonchev–Trinajstić information content (AvgIpc) is 1.62. The molecule has 106 heavy (non-hydrogen) atoms. The molecule has 3 aliphatic rings. The molecular weight excluding hydrogens is 1530 g/mol. The highest BCUT2D eigenvalue weighted by atomic mass is 35.5. The number of ketones is 3. The standard InChI is InChI=1S/C27H26Cl2N4O2S.C26H24Cl2N4O3S.C25H24Cl2N4O2S/c1-27(2,12-13-35-3)11-10-18-4-5-21(23(28)14-18)15-22(34)17-36-26-30-31-32-33(26)25-9-8-20(16-24(25)29)19-6-7-19;1-26(2,14-24(34)35)10-9-16-3-4-19(21(27)11-16)12-20(33)15-36-25-29-30-31-32(25)23-8-7-18(13-22(23)28)17-5-6-17;1-25(2,15-32)10-9-16-3-4-19(21(26)11-16)12-20(33)14-34-24-28-29-30-31(24)23-8-7-18(13-22(23)27)17-5-6-17/h4-5,8-9,12-14,16,19H,6-7,15,17H2,1-3H3;3-4,7-8,11,13,17H,5-6,12,14-15H2,1-2H3,(H,34,35);3-4,7-8,11,13,17,32H,5-6,12,14-15H2,1-2H3/b13-12+;;. The molecule has 0 amide bonds. The maximum atomic E-state index is 12.7. The van der Waals surface area contributed by atoms with Gasteiger partial charge in [-0.3, -0.25) is 19.2 Å². The molecule has 0 bridgehead atoms. The first kappa shape index (κ1) is 80.5. The number of ether oxygens (including phenoxy) is 1. The second-order valence-corrected chi connectivity index (χ2v) is 32.8. The molecule has 548 valence electrons. The van der Waals surface area contributed by atoms with Crippen LogP contribution in [0.25, 0.3) is 17.1 Å². The van der Waals surface area contributed by atoms with Crippen molar-refractivity contribution in [1.82, 2.24) is 60.6 Å². The number of carboxylic acids is 1. The summed E-state index contributed by atoms with van der Waals surface area (Å²) in [6.07, 6.45) is 11.2. The molecule has 28 heteroatoms. The van der Waals surface area contributed by atoms with Gasteiger partial charge in [0.2, 0.25) is 15.5 Å². The normalized spacial score (nSPS) is 13.4. The Morgan fingerprint density at radius 3 is 1.10 bits per heavy atom. The summed E-state index contributed by atoms with van der Waals surface area (Å²) in [6, 6.07) is 33.9. The summed E-state index contributed by atoms with van der Waals surface area (Å²) >= 11 is 42.5. The number of benzene rings is 6. The highest BCUT2D eigenvalue weighted by Crippen LogP contribution is 2.44. The molecule has 3 saturated carbocycles. The molecule has 3 aliphatic carbocycles. The molecule has 12 rings (SSSR count). The van der Waals surface area contributed by atoms with Gasteiger partial charge in [-0.25, -0.2) is 0 Å². The zero-order valence-corrected chi connectivity index (χ0v) is 66.0. The number of hydrogen-bond donors (Lipinski definition) is 2. The molecule has 2 N–H and O–H groups in total. The fraction of sp³-hybridized carbons (Fsp3) is 0.346. The van der Waals surface area contributed by atoms with Crippen LogP contribution in [0, 0.1) is 51.8 Å². The van der Waals surface area contributed by atoms with Crippen LogP contribution in [0.3, 0.4) is 0 Å². The van der Waals surface area contributed by atoms with Crippen LogP contribution in [0.5, 0.6) is 0 Å². The van der Waals surface area contributed by atoms with Gasteiger partial charge in [0.25, 0.3) is 0 Å². The van der Waals surface area contributed by atoms with Gasteiger partial charge >= 0.3 is 5.97 Å². The lowest BCUT2D eigenvalue weighted by atomic mass is 9.90. The van der Waals surface area contributed by atoms with Gasteiger partial charge in [-0.2, -0.15) is 14.0 Å². The Bertz CT molecular complexity index is 4970. The number of halogens is 6. The van der Waals surface area contributed by atoms with E-state index in [0.717, 1.165) is 22.3 Å². The lowest BCUT2D eigenvalue weighted by Crippen LogP contribution is -2.14. The highest BCUT2D eigenvalue weighted by molar-refractivity contribution is 8.00. The molecule has 0 saturated heterocycles. The molecule has 19 nitrogen and oxygen atoms in total. The Hall–Kier alpha value is -8.02. The Labute approximate surface area is 658 Å². The number of methoxy groups -OCH3 is 1. The molecule has 0 unspecified atom stereocenters. The number of aliphatic carboxylic acids is 1. The van der Waals surface area contributed by atoms with Crippen molar-refractivity contribution in [3.63, 3.8) is 0 Å². The first-order chi connectivity index (χ1) is 50.6. The molecule has 0 aliphatic heterocycles. The number of aliphatic hydroxyl groups excluding tert-OH is 1. The van der Waals surface area contributed by atoms with E-state index in [1.807, 2.05) is 101 Å². The average molecular weight is 1600 g/mol. The fourth-order valence-electron chi connectivity index (χ4n) is 10.3. The number of carbonyl (C=O) groups is 4. The molecule has 0 radical (unpaired) electrons. The van der Waals surface area contributed by atoms with E-state index >= 15 is 0 Å². The fourth-order valence-corrected chi connectivity index (χ4v) is 14.1. The minimum Gasteiger partial charge on any atom is -0.505 e. The van der Waals surface area contributed by atoms with Gasteiger partial charge in [0.05, 0.1) is 75.8 Å². The van der Waals surface area contributed by atoms with Gasteiger partial charge in [0.15, 0.2) is 0 Å². The minimum absolute atomic E-state index is 0.00289. The topological polar surface area (TPSA) is 249 Å². The SMILES string of the molecule is CC(C)(C#Cc1ccc(CC(=O)CSc2nnnn2-c2ccc(C3CC3)cc2Cl)c(Cl)c1)CC(=O)O.CC(C)(C#Cc1ccc(CC(=O)CSc2nnnn2-c2ccc(C3CC3)cc2Cl)c(Cl)c1)CO.CO/C=C/C(C)(C)C#Cc1ccc(CC(=O)CSc2nnnn2-c2ccc(C3CC3)cc2Cl)c(Cl)c1. The molecule has 0 spiro atoms. The smallest absolute Gasteiger partial charge is 0.304 e. The molecule has 9 aromatic rings. The summed E-state index contributed by atoms with van der Waals surface area (Å²) in [7, 11) is 1.60. The Morgan fingerprint density at radius 1 is 0.481 bits per heavy atom. The van der Waals surface area contributed by atoms with Gasteiger partial charge in [-0.15, -0.1) is 15.3 Å². The van der Waals surface area contributed by atoms with Crippen LogP contribution in [-0.4, -0.2) is 125 Å². The van der Waals surface area contributed by atoms with Crippen LogP contribution in [0.2, 0.25) is 30.1 Å². The van der Waals surface area contributed by atoms with Gasteiger partial charge in [0.1, 0.15) is 17.3 Å². The predicted molar refractivity (Wildman–Crippen MR) is 419 cm³/mol. The number of tetrazole rings is 3. The summed E-state index contributed by atoms with van der Waals surface area (Å²) < 4.78 is 9.65. The minimum atomic E-state index is -0.900. The Morgan fingerprint density at radius 2 is 0.811 bits per heavy atom. The van der Waals surface area contributed by atoms with Crippen molar-refractivity contribution in [1.29, 1.82) is 0 Å². The number of thioether (sulfide) groups is 3. The number of carboxylic acid groups (broad SMARTS) is 1. The van der Waals surface area contributed by atoms with E-state index in [9.17, 15) is 24.3 Å². The van der Waals surface area contributed by atoms with Crippen LogP contribution >= 0.6 is 105 Å². The van der Waals surface area contributed by atoms with Crippen LogP contribution in [-0.2, 0) is 43.2 Å². The molecule has 0 atom stereocenters. The summed E-state index contributed by atoms with van der Waals surface area (Å²) in [5, 5.41) is 58.6. The zero-order chi connectivity index (χ0) is 75.9. The first-order valence-electron chi connectivity index (χ1n) is 33.8. The second kappa shape index (κ2) is 36.7. The van der Waals surface area contributed by atoms with Crippen LogP contribution < -0.4 is 0 Å². The maximum Gasteiger partial charge on any atom is 0.304 e. The van der Waals surface area contributed by atoms with Gasteiger partial charge in [-0.1, -0.05) is 177 Å². The van der Waals surface area contributed by atoms with E-state index in [-0.39, 0.29) is 72.3 Å². The molecule has 3 aromatic heterocycles. The van der Waals surface area contributed by atoms with Gasteiger partial charge in [-0.05, 0) is 241 Å². The number of carbonyl (C=O) groups excluding carboxylic acids is 3. The largest absolute Gasteiger partial charge is 0.505 e. The maximum absolute atomic E-state index is 12.7. The Balaban J connectivity index is 0.000000170. The first-order valence-corrected chi connectivity index (χ1v) is 39.0. The third-order valence-corrected chi connectivity index (χ3v) is 21.6. The number of aliphatic hydroxyl groups is 1. The number of nitrogens with zero attached hydrogens (tertiary/aromatic N) is 12. The van der Waals surface area contributed by atoms with Crippen LogP contribution in [0.4, 0.5) is 0 Å². The second-order valence-electron chi connectivity index (χ2n) is 27.5. The highest BCUT2D eigenvalue weighted by Gasteiger charge is 2.28. The van der Waals surface area contributed by atoms with Crippen molar-refractivity contribution >= 4 is 128 Å². The van der Waals surface area contributed by atoms with Crippen molar-refractivity contribution in [2.45, 2.75) is 139 Å². The number of allylic oxidation sites excluding steroid dienone is 1. The monoisotopic (exact) mass is 1600 g/mol. The van der Waals surface area contributed by atoms with E-state index in [0.29, 0.717) is 91.5 Å². The molecular formula is C78H74Cl6N12O7S3. The Kier molecular flexibility index (Phi) is 27.9. The van der Waals surface area contributed by atoms with Gasteiger partial charge in [0, 0.05) is 67.3 Å². The number of hydrogen-bond acceptors (Lipinski definition) is 18.